The third-order valence-corrected chi connectivity index (χ3v) is 4.95. The number of ketones is 1. The van der Waals surface area contributed by atoms with Crippen LogP contribution in [0, 0.1) is 0 Å². The number of nitrogens with one attached hydrogen (secondary N) is 1. The number of benzene rings is 2. The Kier molecular flexibility index (Phi) is 6.85. The smallest absolute Gasteiger partial charge is 0.407 e. The van der Waals surface area contributed by atoms with Crippen LogP contribution in [0.3, 0.4) is 0 Å². The van der Waals surface area contributed by atoms with Crippen LogP contribution in [0.25, 0.3) is 16.7 Å². The summed E-state index contributed by atoms with van der Waals surface area (Å²) in [6.07, 6.45) is -0.662. The molecule has 8 nitrogen and oxygen atoms in total. The first-order valence-corrected chi connectivity index (χ1v) is 10.2. The van der Waals surface area contributed by atoms with Crippen LogP contribution in [-0.2, 0) is 19.1 Å². The van der Waals surface area contributed by atoms with E-state index in [1.807, 2.05) is 48.5 Å². The first kappa shape index (κ1) is 22.9. The van der Waals surface area contributed by atoms with Gasteiger partial charge < -0.3 is 20.3 Å². The molecule has 0 saturated heterocycles. The Morgan fingerprint density at radius 1 is 1.06 bits per heavy atom. The fourth-order valence-electron chi connectivity index (χ4n) is 3.70. The van der Waals surface area contributed by atoms with E-state index in [1.54, 1.807) is 20.8 Å². The molecule has 2 aromatic carbocycles. The molecule has 1 aliphatic rings. The summed E-state index contributed by atoms with van der Waals surface area (Å²) in [4.78, 5) is 39.5. The quantitative estimate of drug-likeness (QED) is 0.309. The van der Waals surface area contributed by atoms with Gasteiger partial charge in [0.25, 0.3) is 5.78 Å². The molecule has 0 aromatic heterocycles. The summed E-state index contributed by atoms with van der Waals surface area (Å²) >= 11 is 0. The second kappa shape index (κ2) is 9.58. The summed E-state index contributed by atoms with van der Waals surface area (Å²) in [5.41, 5.74) is 12.2. The van der Waals surface area contributed by atoms with Crippen molar-refractivity contribution in [3.8, 4) is 11.1 Å². The number of hydrogen-bond acceptors (Lipinski definition) is 5. The van der Waals surface area contributed by atoms with E-state index in [1.165, 1.54) is 0 Å². The molecule has 166 valence electrons. The van der Waals surface area contributed by atoms with Crippen molar-refractivity contribution in [2.75, 3.05) is 6.61 Å². The maximum Gasteiger partial charge on any atom is 0.407 e. The zero-order chi connectivity index (χ0) is 23.3. The number of carbonyl (C=O) groups is 3. The Morgan fingerprint density at radius 3 is 2.16 bits per heavy atom. The number of nitrogens with zero attached hydrogens (tertiary/aromatic N) is 2. The van der Waals surface area contributed by atoms with Gasteiger partial charge in [0.15, 0.2) is 0 Å². The molecule has 1 atom stereocenters. The van der Waals surface area contributed by atoms with E-state index in [-0.39, 0.29) is 12.5 Å². The van der Waals surface area contributed by atoms with Gasteiger partial charge in [-0.1, -0.05) is 48.5 Å². The van der Waals surface area contributed by atoms with Gasteiger partial charge in [0.1, 0.15) is 18.2 Å². The average Bonchev–Trinajstić information content (AvgIpc) is 3.04. The monoisotopic (exact) mass is 435 g/mol. The lowest BCUT2D eigenvalue weighted by Gasteiger charge is -2.21. The van der Waals surface area contributed by atoms with Crippen LogP contribution in [0.2, 0.25) is 0 Å². The Hall–Kier alpha value is -3.77. The molecule has 1 unspecified atom stereocenters. The number of ether oxygens (including phenoxy) is 2. The Morgan fingerprint density at radius 2 is 1.62 bits per heavy atom. The predicted molar refractivity (Wildman–Crippen MR) is 117 cm³/mol. The largest absolute Gasteiger partial charge is 0.460 e. The van der Waals surface area contributed by atoms with Gasteiger partial charge in [-0.3, -0.25) is 9.59 Å². The second-order valence-electron chi connectivity index (χ2n) is 8.46. The summed E-state index contributed by atoms with van der Waals surface area (Å²) in [5, 5.41) is 2.38. The molecule has 0 radical (unpaired) electrons. The molecule has 2 aromatic rings. The van der Waals surface area contributed by atoms with Gasteiger partial charge in [-0.2, -0.15) is 4.79 Å². The number of hydrogen-bond donors (Lipinski definition) is 1. The lowest BCUT2D eigenvalue weighted by atomic mass is 9.98. The van der Waals surface area contributed by atoms with Crippen molar-refractivity contribution in [1.29, 1.82) is 0 Å². The van der Waals surface area contributed by atoms with E-state index in [4.69, 9.17) is 15.0 Å². The van der Waals surface area contributed by atoms with Crippen LogP contribution in [0.5, 0.6) is 0 Å². The van der Waals surface area contributed by atoms with Crippen LogP contribution < -0.4 is 5.32 Å². The highest BCUT2D eigenvalue weighted by Crippen LogP contribution is 2.44. The average molecular weight is 435 g/mol. The van der Waals surface area contributed by atoms with Gasteiger partial charge in [0.2, 0.25) is 0 Å². The number of rotatable bonds is 7. The van der Waals surface area contributed by atoms with Crippen LogP contribution in [0.15, 0.2) is 48.5 Å². The standard InChI is InChI=1S/C24H25N3O5/c1-24(2,3)32-22(29)12-20(21(28)13-26-25)27-23(30)31-14-19-17-10-6-4-8-15(17)16-9-5-7-11-18(16)19/h4-11,13,19-20H,12,14H2,1-3H3,(H,27,30). The molecule has 1 N–H and O–H groups in total. The van der Waals surface area contributed by atoms with E-state index in [9.17, 15) is 14.4 Å². The summed E-state index contributed by atoms with van der Waals surface area (Å²) in [6, 6.07) is 14.5. The molecular weight excluding hydrogens is 410 g/mol. The van der Waals surface area contributed by atoms with Crippen LogP contribution >= 0.6 is 0 Å². The molecule has 1 aliphatic carbocycles. The van der Waals surface area contributed by atoms with Crippen LogP contribution in [0.1, 0.15) is 44.2 Å². The molecule has 1 amide bonds. The lowest BCUT2D eigenvalue weighted by molar-refractivity contribution is -0.156. The highest BCUT2D eigenvalue weighted by Gasteiger charge is 2.31. The minimum atomic E-state index is -1.28. The molecule has 0 saturated carbocycles. The van der Waals surface area contributed by atoms with Gasteiger partial charge in [-0.05, 0) is 43.0 Å². The normalized spacial score (nSPS) is 13.2. The molecule has 32 heavy (non-hydrogen) atoms. The summed E-state index contributed by atoms with van der Waals surface area (Å²) in [5.74, 6) is -1.58. The first-order chi connectivity index (χ1) is 15.2. The van der Waals surface area contributed by atoms with Crippen LogP contribution in [0.4, 0.5) is 4.79 Å². The van der Waals surface area contributed by atoms with Crippen molar-refractivity contribution in [1.82, 2.24) is 5.32 Å². The molecular formula is C24H25N3O5. The topological polar surface area (TPSA) is 118 Å². The highest BCUT2D eigenvalue weighted by molar-refractivity contribution is 6.28. The number of carbonyl (C=O) groups excluding carboxylic acids is 3. The maximum absolute atomic E-state index is 12.5. The van der Waals surface area contributed by atoms with Crippen molar-refractivity contribution < 1.29 is 28.6 Å². The van der Waals surface area contributed by atoms with E-state index < -0.39 is 35.9 Å². The zero-order valence-electron chi connectivity index (χ0n) is 18.2. The van der Waals surface area contributed by atoms with Crippen molar-refractivity contribution in [2.24, 2.45) is 0 Å². The minimum Gasteiger partial charge on any atom is -0.460 e. The zero-order valence-corrected chi connectivity index (χ0v) is 18.2. The molecule has 0 heterocycles. The van der Waals surface area contributed by atoms with Gasteiger partial charge in [0.05, 0.1) is 6.42 Å². The molecule has 8 heteroatoms. The fraction of sp³-hybridized carbons (Fsp3) is 0.333. The van der Waals surface area contributed by atoms with Gasteiger partial charge in [-0.25, -0.2) is 4.79 Å². The highest BCUT2D eigenvalue weighted by atomic mass is 16.6. The first-order valence-electron chi connectivity index (χ1n) is 10.2. The SMILES string of the molecule is CC(C)(C)OC(=O)CC(NC(=O)OCC1c2ccccc2-c2ccccc21)C(=O)C=[N+]=[N-]. The molecule has 0 spiro atoms. The van der Waals surface area contributed by atoms with Crippen LogP contribution in [-0.4, -0.2) is 47.1 Å². The minimum absolute atomic E-state index is 0.0568. The van der Waals surface area contributed by atoms with Gasteiger partial charge in [-0.15, -0.1) is 0 Å². The Balaban J connectivity index is 1.68. The third kappa shape index (κ3) is 5.47. The van der Waals surface area contributed by atoms with Gasteiger partial charge >= 0.3 is 18.3 Å². The lowest BCUT2D eigenvalue weighted by Crippen LogP contribution is -2.44. The molecule has 3 rings (SSSR count). The van der Waals surface area contributed by atoms with E-state index >= 15 is 0 Å². The summed E-state index contributed by atoms with van der Waals surface area (Å²) < 4.78 is 10.6. The van der Waals surface area contributed by atoms with Crippen molar-refractivity contribution in [2.45, 2.75) is 44.8 Å². The predicted octanol–water partition coefficient (Wildman–Crippen LogP) is 3.50. The van der Waals surface area contributed by atoms with E-state index in [0.29, 0.717) is 6.21 Å². The second-order valence-corrected chi connectivity index (χ2v) is 8.46. The van der Waals surface area contributed by atoms with Gasteiger partial charge in [0, 0.05) is 5.92 Å². The summed E-state index contributed by atoms with van der Waals surface area (Å²) in [7, 11) is 0. The number of amides is 1. The van der Waals surface area contributed by atoms with E-state index in [2.05, 4.69) is 10.1 Å². The van der Waals surface area contributed by atoms with E-state index in [0.717, 1.165) is 22.3 Å². The molecule has 0 bridgehead atoms. The number of alkyl carbamates (subject to hydrolysis) is 1. The summed E-state index contributed by atoms with van der Waals surface area (Å²) in [6.45, 7) is 5.13. The third-order valence-electron chi connectivity index (χ3n) is 4.95. The number of esters is 1. The Labute approximate surface area is 186 Å². The number of fused-ring (bicyclic) bond motifs is 3. The maximum atomic E-state index is 12.5. The fourth-order valence-corrected chi connectivity index (χ4v) is 3.70. The molecule has 0 aliphatic heterocycles. The van der Waals surface area contributed by atoms with Crippen molar-refractivity contribution in [3.63, 3.8) is 0 Å². The van der Waals surface area contributed by atoms with Crippen molar-refractivity contribution in [3.05, 3.63) is 65.2 Å². The molecule has 0 fully saturated rings. The Bertz CT molecular complexity index is 1040. The van der Waals surface area contributed by atoms with Crippen molar-refractivity contribution >= 4 is 24.1 Å². The number of Topliss-reactive ketones (excluding diaryl/α,β-unsaturated/α-hetero) is 1.